The van der Waals surface area contributed by atoms with Crippen molar-refractivity contribution in [3.8, 4) is 5.75 Å². The van der Waals surface area contributed by atoms with E-state index in [9.17, 15) is 14.7 Å². The smallest absolute Gasteiger partial charge is 0.290 e. The highest BCUT2D eigenvalue weighted by atomic mass is 16.5. The van der Waals surface area contributed by atoms with Crippen molar-refractivity contribution in [1.82, 2.24) is 4.90 Å². The summed E-state index contributed by atoms with van der Waals surface area (Å²) in [6, 6.07) is 29.2. The number of nitrogens with zero attached hydrogens (tertiary/aromatic N) is 1. The minimum atomic E-state index is -0.779. The number of carbonyl (C=O) groups is 2. The third-order valence-corrected chi connectivity index (χ3v) is 6.20. The van der Waals surface area contributed by atoms with Gasteiger partial charge >= 0.3 is 0 Å². The molecule has 1 aromatic heterocycles. The van der Waals surface area contributed by atoms with Crippen molar-refractivity contribution < 1.29 is 23.8 Å². The number of hydrogen-bond acceptors (Lipinski definition) is 5. The van der Waals surface area contributed by atoms with E-state index >= 15 is 0 Å². The molecule has 1 unspecified atom stereocenters. The Morgan fingerprint density at radius 2 is 1.61 bits per heavy atom. The van der Waals surface area contributed by atoms with Gasteiger partial charge in [-0.3, -0.25) is 9.59 Å². The van der Waals surface area contributed by atoms with Crippen molar-refractivity contribution in [1.29, 1.82) is 0 Å². The Labute approximate surface area is 209 Å². The summed E-state index contributed by atoms with van der Waals surface area (Å²) >= 11 is 0. The molecule has 0 saturated heterocycles. The number of aliphatic hydroxyl groups is 1. The zero-order valence-corrected chi connectivity index (χ0v) is 19.5. The molecule has 5 rings (SSSR count). The first-order valence-corrected chi connectivity index (χ1v) is 11.7. The lowest BCUT2D eigenvalue weighted by Crippen LogP contribution is -2.33. The van der Waals surface area contributed by atoms with Gasteiger partial charge in [0.25, 0.3) is 5.91 Å². The monoisotopic (exact) mass is 479 g/mol. The van der Waals surface area contributed by atoms with E-state index in [4.69, 9.17) is 9.15 Å². The number of carbonyl (C=O) groups excluding carboxylic acids is 2. The van der Waals surface area contributed by atoms with E-state index in [2.05, 4.69) is 0 Å². The molecule has 0 radical (unpaired) electrons. The molecule has 2 heterocycles. The van der Waals surface area contributed by atoms with Crippen molar-refractivity contribution in [2.75, 3.05) is 6.54 Å². The third kappa shape index (κ3) is 4.79. The Bertz CT molecular complexity index is 1380. The molecule has 0 fully saturated rings. The van der Waals surface area contributed by atoms with Crippen LogP contribution in [0.5, 0.6) is 5.75 Å². The number of benzene rings is 3. The second-order valence-electron chi connectivity index (χ2n) is 8.55. The van der Waals surface area contributed by atoms with E-state index in [0.29, 0.717) is 30.9 Å². The van der Waals surface area contributed by atoms with Gasteiger partial charge in [0.15, 0.2) is 11.5 Å². The summed E-state index contributed by atoms with van der Waals surface area (Å²) in [6.07, 6.45) is 1.96. The molecule has 3 aromatic carbocycles. The average molecular weight is 480 g/mol. The first-order chi connectivity index (χ1) is 17.6. The number of rotatable bonds is 9. The lowest BCUT2D eigenvalue weighted by Gasteiger charge is -2.27. The minimum Gasteiger partial charge on any atom is -0.503 e. The van der Waals surface area contributed by atoms with Crippen LogP contribution >= 0.6 is 0 Å². The zero-order chi connectivity index (χ0) is 24.9. The highest BCUT2D eigenvalue weighted by Gasteiger charge is 2.44. The Balaban J connectivity index is 1.47. The zero-order valence-electron chi connectivity index (χ0n) is 19.5. The maximum absolute atomic E-state index is 13.3. The van der Waals surface area contributed by atoms with Crippen LogP contribution in [0.15, 0.2) is 119 Å². The van der Waals surface area contributed by atoms with Gasteiger partial charge in [0.2, 0.25) is 5.78 Å². The van der Waals surface area contributed by atoms with Gasteiger partial charge in [0.1, 0.15) is 12.4 Å². The molecule has 0 spiro atoms. The molecule has 6 nitrogen and oxygen atoms in total. The van der Waals surface area contributed by atoms with Gasteiger partial charge in [-0.1, -0.05) is 72.8 Å². The predicted molar refractivity (Wildman–Crippen MR) is 135 cm³/mol. The molecular formula is C30H25NO5. The molecule has 1 atom stereocenters. The van der Waals surface area contributed by atoms with E-state index in [1.54, 1.807) is 6.07 Å². The van der Waals surface area contributed by atoms with Crippen LogP contribution in [0.1, 0.15) is 33.3 Å². The lowest BCUT2D eigenvalue weighted by molar-refractivity contribution is -0.129. The summed E-state index contributed by atoms with van der Waals surface area (Å²) in [7, 11) is 0. The van der Waals surface area contributed by atoms with Gasteiger partial charge in [-0.25, -0.2) is 0 Å². The van der Waals surface area contributed by atoms with Crippen molar-refractivity contribution in [3.05, 3.63) is 137 Å². The summed E-state index contributed by atoms with van der Waals surface area (Å²) in [4.78, 5) is 28.1. The van der Waals surface area contributed by atoms with Crippen molar-refractivity contribution >= 4 is 11.7 Å². The van der Waals surface area contributed by atoms with Crippen LogP contribution in [0, 0.1) is 0 Å². The standard InChI is InChI=1S/C30H25NO5/c32-28(25-15-8-18-35-25)26-27(31(30(34)29(26)33)17-16-21-9-3-1-4-10-21)23-13-7-14-24(19-23)36-20-22-11-5-2-6-12-22/h1-15,18-19,27,33H,16-17,20H2. The van der Waals surface area contributed by atoms with Gasteiger partial charge in [-0.2, -0.15) is 0 Å². The maximum Gasteiger partial charge on any atom is 0.290 e. The highest BCUT2D eigenvalue weighted by Crippen LogP contribution is 2.40. The summed E-state index contributed by atoms with van der Waals surface area (Å²) in [5, 5.41) is 10.8. The summed E-state index contributed by atoms with van der Waals surface area (Å²) in [5.41, 5.74) is 2.74. The van der Waals surface area contributed by atoms with Gasteiger partial charge < -0.3 is 19.2 Å². The van der Waals surface area contributed by atoms with E-state index in [1.807, 2.05) is 84.9 Å². The number of Topliss-reactive ketones (excluding diaryl/α,β-unsaturated/α-hetero) is 1. The van der Waals surface area contributed by atoms with Crippen LogP contribution in [0.3, 0.4) is 0 Å². The van der Waals surface area contributed by atoms with E-state index in [1.165, 1.54) is 17.2 Å². The summed E-state index contributed by atoms with van der Waals surface area (Å²) in [6.45, 7) is 0.701. The molecular weight excluding hydrogens is 454 g/mol. The summed E-state index contributed by atoms with van der Waals surface area (Å²) in [5.74, 6) is -0.987. The first-order valence-electron chi connectivity index (χ1n) is 11.7. The molecule has 0 bridgehead atoms. The van der Waals surface area contributed by atoms with Crippen LogP contribution in [-0.2, 0) is 17.8 Å². The largest absolute Gasteiger partial charge is 0.503 e. The maximum atomic E-state index is 13.3. The normalized spacial score (nSPS) is 15.4. The Morgan fingerprint density at radius 3 is 2.31 bits per heavy atom. The lowest BCUT2D eigenvalue weighted by atomic mass is 9.94. The van der Waals surface area contributed by atoms with E-state index in [-0.39, 0.29) is 11.3 Å². The average Bonchev–Trinajstić information content (AvgIpc) is 3.55. The fourth-order valence-corrected chi connectivity index (χ4v) is 4.41. The molecule has 6 heteroatoms. The molecule has 0 saturated carbocycles. The molecule has 0 aliphatic carbocycles. The van der Waals surface area contributed by atoms with Crippen LogP contribution in [-0.4, -0.2) is 28.2 Å². The molecule has 36 heavy (non-hydrogen) atoms. The van der Waals surface area contributed by atoms with Crippen LogP contribution < -0.4 is 4.74 Å². The minimum absolute atomic E-state index is 0.00298. The first kappa shape index (κ1) is 23.2. The second kappa shape index (κ2) is 10.4. The molecule has 1 aliphatic rings. The van der Waals surface area contributed by atoms with Gasteiger partial charge in [-0.15, -0.1) is 0 Å². The highest BCUT2D eigenvalue weighted by molar-refractivity contribution is 6.15. The summed E-state index contributed by atoms with van der Waals surface area (Å²) < 4.78 is 11.3. The van der Waals surface area contributed by atoms with Gasteiger partial charge in [-0.05, 0) is 47.4 Å². The van der Waals surface area contributed by atoms with Crippen molar-refractivity contribution in [2.45, 2.75) is 19.1 Å². The number of hydrogen-bond donors (Lipinski definition) is 1. The van der Waals surface area contributed by atoms with E-state index in [0.717, 1.165) is 11.1 Å². The fraction of sp³-hybridized carbons (Fsp3) is 0.133. The van der Waals surface area contributed by atoms with Crippen molar-refractivity contribution in [3.63, 3.8) is 0 Å². The van der Waals surface area contributed by atoms with Gasteiger partial charge in [0, 0.05) is 6.54 Å². The van der Waals surface area contributed by atoms with Crippen LogP contribution in [0.4, 0.5) is 0 Å². The Kier molecular flexibility index (Phi) is 6.67. The number of amides is 1. The van der Waals surface area contributed by atoms with Crippen molar-refractivity contribution in [2.24, 2.45) is 0 Å². The molecule has 1 N–H and O–H groups in total. The molecule has 4 aromatic rings. The number of furan rings is 1. The molecule has 180 valence electrons. The second-order valence-corrected chi connectivity index (χ2v) is 8.55. The van der Waals surface area contributed by atoms with E-state index < -0.39 is 23.5 Å². The molecule has 1 amide bonds. The quantitative estimate of drug-likeness (QED) is 0.313. The topological polar surface area (TPSA) is 80.0 Å². The third-order valence-electron chi connectivity index (χ3n) is 6.20. The van der Waals surface area contributed by atoms with Crippen LogP contribution in [0.2, 0.25) is 0 Å². The number of ether oxygens (including phenoxy) is 1. The fourth-order valence-electron chi connectivity index (χ4n) is 4.41. The van der Waals surface area contributed by atoms with Gasteiger partial charge in [0.05, 0.1) is 17.9 Å². The Morgan fingerprint density at radius 1 is 0.889 bits per heavy atom. The predicted octanol–water partition coefficient (Wildman–Crippen LogP) is 5.68. The molecule has 1 aliphatic heterocycles. The Hall–Kier alpha value is -4.58. The van der Waals surface area contributed by atoms with Crippen LogP contribution in [0.25, 0.3) is 0 Å². The SMILES string of the molecule is O=C(C1=C(O)C(=O)N(CCc2ccccc2)C1c1cccc(OCc2ccccc2)c1)c1ccco1. The number of ketones is 1. The number of aliphatic hydroxyl groups excluding tert-OH is 1.